The number of aryl methyl sites for hydroxylation is 1. The van der Waals surface area contributed by atoms with Gasteiger partial charge in [-0.15, -0.1) is 0 Å². The molecule has 0 aliphatic rings. The predicted octanol–water partition coefficient (Wildman–Crippen LogP) is 1.41. The van der Waals surface area contributed by atoms with Crippen molar-refractivity contribution in [1.29, 1.82) is 5.26 Å². The molecule has 0 bridgehead atoms. The second kappa shape index (κ2) is 4.72. The summed E-state index contributed by atoms with van der Waals surface area (Å²) in [5, 5.41) is 15.7. The summed E-state index contributed by atoms with van der Waals surface area (Å²) >= 11 is 0. The third kappa shape index (κ3) is 2.09. The van der Waals surface area contributed by atoms with Crippen molar-refractivity contribution in [3.8, 4) is 11.8 Å². The zero-order valence-electron chi connectivity index (χ0n) is 10.1. The van der Waals surface area contributed by atoms with E-state index in [4.69, 9.17) is 5.26 Å². The summed E-state index contributed by atoms with van der Waals surface area (Å²) in [5.41, 5.74) is 2.52. The number of benzene rings is 1. The van der Waals surface area contributed by atoms with Crippen LogP contribution in [0.1, 0.15) is 21.6 Å². The van der Waals surface area contributed by atoms with Crippen molar-refractivity contribution in [2.24, 2.45) is 0 Å². The van der Waals surface area contributed by atoms with E-state index in [1.807, 2.05) is 19.1 Å². The monoisotopic (exact) mass is 240 g/mol. The number of hydrogen-bond donors (Lipinski definition) is 1. The lowest BCUT2D eigenvalue weighted by Crippen LogP contribution is -2.18. The minimum absolute atomic E-state index is 0.251. The number of nitriles is 1. The molecule has 18 heavy (non-hydrogen) atoms. The molecular formula is C13H12N4O. The van der Waals surface area contributed by atoms with Crippen LogP contribution in [0, 0.1) is 18.3 Å². The van der Waals surface area contributed by atoms with Gasteiger partial charge in [0.1, 0.15) is 6.07 Å². The first kappa shape index (κ1) is 11.9. The molecule has 1 N–H and O–H groups in total. The molecule has 0 aliphatic carbocycles. The molecule has 0 saturated carbocycles. The van der Waals surface area contributed by atoms with Gasteiger partial charge in [-0.25, -0.2) is 4.68 Å². The number of aromatic nitrogens is 2. The fraction of sp³-hybridized carbons (Fsp3) is 0.154. The van der Waals surface area contributed by atoms with E-state index in [-0.39, 0.29) is 5.91 Å². The fourth-order valence-corrected chi connectivity index (χ4v) is 1.65. The Balaban J connectivity index is 2.47. The summed E-state index contributed by atoms with van der Waals surface area (Å²) in [4.78, 5) is 11.4. The van der Waals surface area contributed by atoms with E-state index in [0.717, 1.165) is 5.56 Å². The van der Waals surface area contributed by atoms with Gasteiger partial charge >= 0.3 is 0 Å². The van der Waals surface area contributed by atoms with Gasteiger partial charge in [-0.3, -0.25) is 4.79 Å². The van der Waals surface area contributed by atoms with Crippen molar-refractivity contribution in [1.82, 2.24) is 15.1 Å². The molecule has 5 nitrogen and oxygen atoms in total. The highest BCUT2D eigenvalue weighted by atomic mass is 16.1. The van der Waals surface area contributed by atoms with Crippen molar-refractivity contribution < 1.29 is 4.79 Å². The standard InChI is InChI=1S/C13H12N4O/c1-9-3-4-12(10(7-9)8-14)17-6-5-11(16-17)13(18)15-2/h3-7H,1-2H3,(H,15,18). The van der Waals surface area contributed by atoms with Gasteiger partial charge in [0.25, 0.3) is 5.91 Å². The number of nitrogens with one attached hydrogen (secondary N) is 1. The van der Waals surface area contributed by atoms with Crippen molar-refractivity contribution >= 4 is 5.91 Å². The van der Waals surface area contributed by atoms with Gasteiger partial charge in [0.2, 0.25) is 0 Å². The van der Waals surface area contributed by atoms with Crippen molar-refractivity contribution in [3.63, 3.8) is 0 Å². The molecule has 5 heteroatoms. The van der Waals surface area contributed by atoms with Crippen LogP contribution in [-0.4, -0.2) is 22.7 Å². The van der Waals surface area contributed by atoms with Crippen LogP contribution in [0.25, 0.3) is 5.69 Å². The number of carbonyl (C=O) groups is 1. The molecule has 0 fully saturated rings. The van der Waals surface area contributed by atoms with Crippen molar-refractivity contribution in [3.05, 3.63) is 47.3 Å². The van der Waals surface area contributed by atoms with Crippen LogP contribution in [0.2, 0.25) is 0 Å². The van der Waals surface area contributed by atoms with Gasteiger partial charge in [-0.2, -0.15) is 10.4 Å². The summed E-state index contributed by atoms with van der Waals surface area (Å²) in [6, 6.07) is 9.24. The quantitative estimate of drug-likeness (QED) is 0.862. The maximum Gasteiger partial charge on any atom is 0.271 e. The van der Waals surface area contributed by atoms with Crippen LogP contribution in [0.5, 0.6) is 0 Å². The lowest BCUT2D eigenvalue weighted by Gasteiger charge is -2.04. The Bertz CT molecular complexity index is 637. The SMILES string of the molecule is CNC(=O)c1ccn(-c2ccc(C)cc2C#N)n1. The number of amides is 1. The van der Waals surface area contributed by atoms with E-state index in [9.17, 15) is 4.79 Å². The van der Waals surface area contributed by atoms with Crippen LogP contribution in [0.3, 0.4) is 0 Å². The lowest BCUT2D eigenvalue weighted by atomic mass is 10.1. The predicted molar refractivity (Wildman–Crippen MR) is 66.4 cm³/mol. The second-order valence-electron chi connectivity index (χ2n) is 3.86. The van der Waals surface area contributed by atoms with Crippen LogP contribution in [0.15, 0.2) is 30.5 Å². The molecule has 0 unspecified atom stereocenters. The first-order valence-electron chi connectivity index (χ1n) is 5.44. The zero-order valence-corrected chi connectivity index (χ0v) is 10.1. The largest absolute Gasteiger partial charge is 0.354 e. The third-order valence-electron chi connectivity index (χ3n) is 2.57. The van der Waals surface area contributed by atoms with Crippen LogP contribution < -0.4 is 5.32 Å². The number of carbonyl (C=O) groups excluding carboxylic acids is 1. The smallest absolute Gasteiger partial charge is 0.271 e. The summed E-state index contributed by atoms with van der Waals surface area (Å²) < 4.78 is 1.53. The molecule has 90 valence electrons. The molecular weight excluding hydrogens is 228 g/mol. The van der Waals surface area contributed by atoms with Gasteiger partial charge in [0.15, 0.2) is 5.69 Å². The van der Waals surface area contributed by atoms with Gasteiger partial charge in [0, 0.05) is 13.2 Å². The Kier molecular flexibility index (Phi) is 3.11. The maximum absolute atomic E-state index is 11.4. The van der Waals surface area contributed by atoms with E-state index in [1.165, 1.54) is 4.68 Å². The molecule has 0 saturated heterocycles. The second-order valence-corrected chi connectivity index (χ2v) is 3.86. The minimum Gasteiger partial charge on any atom is -0.354 e. The Morgan fingerprint density at radius 2 is 2.22 bits per heavy atom. The van der Waals surface area contributed by atoms with E-state index in [1.54, 1.807) is 25.4 Å². The molecule has 0 radical (unpaired) electrons. The average molecular weight is 240 g/mol. The first-order valence-corrected chi connectivity index (χ1v) is 5.44. The fourth-order valence-electron chi connectivity index (χ4n) is 1.65. The van der Waals surface area contributed by atoms with E-state index < -0.39 is 0 Å². The average Bonchev–Trinajstić information content (AvgIpc) is 2.87. The number of nitrogens with zero attached hydrogens (tertiary/aromatic N) is 3. The lowest BCUT2D eigenvalue weighted by molar-refractivity contribution is 0.0957. The Labute approximate surface area is 105 Å². The Morgan fingerprint density at radius 1 is 1.44 bits per heavy atom. The first-order chi connectivity index (χ1) is 8.65. The van der Waals surface area contributed by atoms with E-state index in [2.05, 4.69) is 16.5 Å². The third-order valence-corrected chi connectivity index (χ3v) is 2.57. The Morgan fingerprint density at radius 3 is 2.89 bits per heavy atom. The summed E-state index contributed by atoms with van der Waals surface area (Å²) in [7, 11) is 1.55. The van der Waals surface area contributed by atoms with Crippen LogP contribution in [-0.2, 0) is 0 Å². The van der Waals surface area contributed by atoms with Gasteiger partial charge in [0.05, 0.1) is 11.3 Å². The molecule has 2 aromatic rings. The zero-order chi connectivity index (χ0) is 13.1. The highest BCUT2D eigenvalue weighted by molar-refractivity contribution is 5.91. The molecule has 0 aliphatic heterocycles. The molecule has 1 aromatic heterocycles. The number of rotatable bonds is 2. The molecule has 2 rings (SSSR count). The Hall–Kier alpha value is -2.61. The highest BCUT2D eigenvalue weighted by Crippen LogP contribution is 2.15. The van der Waals surface area contributed by atoms with Crippen LogP contribution in [0.4, 0.5) is 0 Å². The van der Waals surface area contributed by atoms with Gasteiger partial charge in [-0.1, -0.05) is 6.07 Å². The molecule has 1 aromatic carbocycles. The number of hydrogen-bond acceptors (Lipinski definition) is 3. The summed E-state index contributed by atoms with van der Waals surface area (Å²) in [6.45, 7) is 1.92. The van der Waals surface area contributed by atoms with E-state index in [0.29, 0.717) is 16.9 Å². The highest BCUT2D eigenvalue weighted by Gasteiger charge is 2.10. The van der Waals surface area contributed by atoms with E-state index >= 15 is 0 Å². The summed E-state index contributed by atoms with van der Waals surface area (Å²) in [6.07, 6.45) is 1.66. The van der Waals surface area contributed by atoms with Gasteiger partial charge < -0.3 is 5.32 Å². The molecule has 1 amide bonds. The van der Waals surface area contributed by atoms with Crippen LogP contribution >= 0.6 is 0 Å². The summed E-state index contributed by atoms with van der Waals surface area (Å²) in [5.74, 6) is -0.251. The maximum atomic E-state index is 11.4. The van der Waals surface area contributed by atoms with Crippen molar-refractivity contribution in [2.75, 3.05) is 7.05 Å². The topological polar surface area (TPSA) is 70.7 Å². The van der Waals surface area contributed by atoms with Gasteiger partial charge in [-0.05, 0) is 30.7 Å². The molecule has 0 spiro atoms. The minimum atomic E-state index is -0.251. The molecule has 1 heterocycles. The van der Waals surface area contributed by atoms with Crippen molar-refractivity contribution in [2.45, 2.75) is 6.92 Å². The normalized spacial score (nSPS) is 9.83. The molecule has 0 atom stereocenters.